The van der Waals surface area contributed by atoms with E-state index in [1.54, 1.807) is 16.7 Å². The number of benzene rings is 1. The summed E-state index contributed by atoms with van der Waals surface area (Å²) >= 11 is 7.44. The molecule has 0 saturated carbocycles. The highest BCUT2D eigenvalue weighted by molar-refractivity contribution is 8.14. The second kappa shape index (κ2) is 4.65. The molecule has 1 saturated heterocycles. The van der Waals surface area contributed by atoms with Crippen molar-refractivity contribution in [2.45, 2.75) is 13.2 Å². The smallest absolute Gasteiger partial charge is 0.166 e. The first kappa shape index (κ1) is 11.8. The van der Waals surface area contributed by atoms with E-state index in [2.05, 4.69) is 4.99 Å². The van der Waals surface area contributed by atoms with Crippen LogP contribution in [0.4, 0.5) is 5.69 Å². The zero-order chi connectivity index (χ0) is 11.7. The van der Waals surface area contributed by atoms with Gasteiger partial charge in [-0.2, -0.15) is 0 Å². The molecule has 0 bridgehead atoms. The fraction of sp³-hybridized carbons (Fsp3) is 0.364. The van der Waals surface area contributed by atoms with E-state index in [1.807, 2.05) is 32.2 Å². The fourth-order valence-electron chi connectivity index (χ4n) is 1.45. The van der Waals surface area contributed by atoms with Crippen LogP contribution in [0.2, 0.25) is 5.02 Å². The molecule has 0 radical (unpaired) electrons. The van der Waals surface area contributed by atoms with Crippen LogP contribution in [0.3, 0.4) is 0 Å². The fourth-order valence-corrected chi connectivity index (χ4v) is 2.69. The molecule has 1 aliphatic heterocycles. The molecule has 0 aliphatic carbocycles. The lowest BCUT2D eigenvalue weighted by Gasteiger charge is -2.15. The lowest BCUT2D eigenvalue weighted by Crippen LogP contribution is -2.29. The highest BCUT2D eigenvalue weighted by atomic mass is 35.5. The van der Waals surface area contributed by atoms with Crippen molar-refractivity contribution >= 4 is 34.2 Å². The molecule has 1 unspecified atom stereocenters. The average molecular weight is 257 g/mol. The molecule has 3 nitrogen and oxygen atoms in total. The van der Waals surface area contributed by atoms with Crippen molar-refractivity contribution < 1.29 is 5.11 Å². The highest BCUT2D eigenvalue weighted by Gasteiger charge is 2.24. The number of nitrogens with zero attached hydrogens (tertiary/aromatic N) is 2. The summed E-state index contributed by atoms with van der Waals surface area (Å²) in [6.07, 6.45) is -0.434. The normalized spacial score (nSPS) is 23.1. The first-order valence-electron chi connectivity index (χ1n) is 4.96. The summed E-state index contributed by atoms with van der Waals surface area (Å²) in [5.41, 5.74) is 1.93. The monoisotopic (exact) mass is 256 g/mol. The molecule has 0 spiro atoms. The second-order valence-electron chi connectivity index (χ2n) is 3.73. The summed E-state index contributed by atoms with van der Waals surface area (Å²) in [7, 11) is 1.84. The van der Waals surface area contributed by atoms with Gasteiger partial charge in [0.2, 0.25) is 0 Å². The Morgan fingerprint density at radius 2 is 2.31 bits per heavy atom. The van der Waals surface area contributed by atoms with Crippen LogP contribution in [0.5, 0.6) is 0 Å². The molecule has 16 heavy (non-hydrogen) atoms. The quantitative estimate of drug-likeness (QED) is 0.839. The molecule has 1 aromatic rings. The number of thioether (sulfide) groups is 1. The van der Waals surface area contributed by atoms with Gasteiger partial charge in [0.05, 0.1) is 5.69 Å². The summed E-state index contributed by atoms with van der Waals surface area (Å²) in [6.45, 7) is 1.97. The molecule has 0 aromatic heterocycles. The van der Waals surface area contributed by atoms with Crippen LogP contribution in [0, 0.1) is 6.92 Å². The highest BCUT2D eigenvalue weighted by Crippen LogP contribution is 2.27. The number of aliphatic imine (C=N–C) groups is 1. The number of hydrogen-bond acceptors (Lipinski definition) is 3. The summed E-state index contributed by atoms with van der Waals surface area (Å²) in [5, 5.41) is 11.1. The number of halogens is 1. The van der Waals surface area contributed by atoms with E-state index in [-0.39, 0.29) is 0 Å². The predicted octanol–water partition coefficient (Wildman–Crippen LogP) is 2.63. The SMILES string of the molecule is Cc1cc(Cl)ccc1N=C1SCC(O)N1C. The van der Waals surface area contributed by atoms with Gasteiger partial charge in [-0.1, -0.05) is 23.4 Å². The third kappa shape index (κ3) is 2.34. The van der Waals surface area contributed by atoms with E-state index >= 15 is 0 Å². The molecule has 5 heteroatoms. The first-order chi connectivity index (χ1) is 7.58. The third-order valence-corrected chi connectivity index (χ3v) is 3.82. The minimum absolute atomic E-state index is 0.434. The second-order valence-corrected chi connectivity index (χ2v) is 5.15. The van der Waals surface area contributed by atoms with Gasteiger partial charge in [0.1, 0.15) is 6.23 Å². The molecule has 2 rings (SSSR count). The van der Waals surface area contributed by atoms with Crippen LogP contribution in [-0.4, -0.2) is 34.2 Å². The van der Waals surface area contributed by atoms with Crippen molar-refractivity contribution in [3.8, 4) is 0 Å². The number of rotatable bonds is 1. The van der Waals surface area contributed by atoms with E-state index in [4.69, 9.17) is 11.6 Å². The van der Waals surface area contributed by atoms with E-state index in [1.165, 1.54) is 0 Å². The Morgan fingerprint density at radius 1 is 1.56 bits per heavy atom. The minimum atomic E-state index is -0.434. The van der Waals surface area contributed by atoms with Crippen molar-refractivity contribution in [3.63, 3.8) is 0 Å². The van der Waals surface area contributed by atoms with Crippen molar-refractivity contribution in [2.24, 2.45) is 4.99 Å². The van der Waals surface area contributed by atoms with E-state index < -0.39 is 6.23 Å². The topological polar surface area (TPSA) is 35.8 Å². The summed E-state index contributed by atoms with van der Waals surface area (Å²) in [6, 6.07) is 5.60. The van der Waals surface area contributed by atoms with Crippen molar-refractivity contribution in [3.05, 3.63) is 28.8 Å². The number of aliphatic hydroxyl groups is 1. The minimum Gasteiger partial charge on any atom is -0.373 e. The van der Waals surface area contributed by atoms with Crippen molar-refractivity contribution in [2.75, 3.05) is 12.8 Å². The first-order valence-corrected chi connectivity index (χ1v) is 6.33. The van der Waals surface area contributed by atoms with Gasteiger partial charge in [0.15, 0.2) is 5.17 Å². The van der Waals surface area contributed by atoms with Crippen LogP contribution in [0.25, 0.3) is 0 Å². The van der Waals surface area contributed by atoms with E-state index in [9.17, 15) is 5.11 Å². The number of aryl methyl sites for hydroxylation is 1. The summed E-state index contributed by atoms with van der Waals surface area (Å²) < 4.78 is 0. The molecule has 1 fully saturated rings. The van der Waals surface area contributed by atoms with Crippen molar-refractivity contribution in [1.82, 2.24) is 4.90 Å². The molecule has 1 N–H and O–H groups in total. The van der Waals surface area contributed by atoms with Gasteiger partial charge in [0.25, 0.3) is 0 Å². The number of aliphatic hydroxyl groups excluding tert-OH is 1. The third-order valence-electron chi connectivity index (χ3n) is 2.49. The Bertz CT molecular complexity index is 436. The number of amidine groups is 1. The van der Waals surface area contributed by atoms with Gasteiger partial charge in [-0.3, -0.25) is 0 Å². The van der Waals surface area contributed by atoms with Crippen molar-refractivity contribution in [1.29, 1.82) is 0 Å². The zero-order valence-corrected chi connectivity index (χ0v) is 10.7. The van der Waals surface area contributed by atoms with Gasteiger partial charge in [-0.25, -0.2) is 4.99 Å². The van der Waals surface area contributed by atoms with E-state index in [0.717, 1.165) is 16.4 Å². The van der Waals surface area contributed by atoms with Crippen LogP contribution in [-0.2, 0) is 0 Å². The van der Waals surface area contributed by atoms with Crippen LogP contribution in [0.1, 0.15) is 5.56 Å². The van der Waals surface area contributed by atoms with Gasteiger partial charge in [-0.05, 0) is 30.7 Å². The molecular weight excluding hydrogens is 244 g/mol. The summed E-state index contributed by atoms with van der Waals surface area (Å²) in [5.74, 6) is 0.669. The molecule has 1 heterocycles. The van der Waals surface area contributed by atoms with E-state index in [0.29, 0.717) is 10.8 Å². The maximum atomic E-state index is 9.56. The van der Waals surface area contributed by atoms with Gasteiger partial charge in [0, 0.05) is 17.8 Å². The Morgan fingerprint density at radius 3 is 2.88 bits per heavy atom. The molecule has 1 aromatic carbocycles. The zero-order valence-electron chi connectivity index (χ0n) is 9.14. The lowest BCUT2D eigenvalue weighted by atomic mass is 10.2. The van der Waals surface area contributed by atoms with Crippen LogP contribution >= 0.6 is 23.4 Å². The Kier molecular flexibility index (Phi) is 3.42. The predicted molar refractivity (Wildman–Crippen MR) is 69.5 cm³/mol. The lowest BCUT2D eigenvalue weighted by molar-refractivity contribution is 0.0998. The number of hydrogen-bond donors (Lipinski definition) is 1. The molecule has 86 valence electrons. The summed E-state index contributed by atoms with van der Waals surface area (Å²) in [4.78, 5) is 6.29. The largest absolute Gasteiger partial charge is 0.373 e. The Labute approximate surface area is 104 Å². The Hall–Kier alpha value is -0.710. The molecule has 1 atom stereocenters. The van der Waals surface area contributed by atoms with Crippen LogP contribution < -0.4 is 0 Å². The van der Waals surface area contributed by atoms with Gasteiger partial charge >= 0.3 is 0 Å². The van der Waals surface area contributed by atoms with Gasteiger partial charge in [-0.15, -0.1) is 0 Å². The maximum Gasteiger partial charge on any atom is 0.166 e. The molecular formula is C11H13ClN2OS. The maximum absolute atomic E-state index is 9.56. The van der Waals surface area contributed by atoms with Crippen LogP contribution in [0.15, 0.2) is 23.2 Å². The average Bonchev–Trinajstić information content (AvgIpc) is 2.54. The Balaban J connectivity index is 2.29. The standard InChI is InChI=1S/C11H13ClN2OS/c1-7-5-8(12)3-4-9(7)13-11-14(2)10(15)6-16-11/h3-5,10,15H,6H2,1-2H3. The van der Waals surface area contributed by atoms with Gasteiger partial charge < -0.3 is 10.0 Å². The molecule has 1 aliphatic rings. The molecule has 0 amide bonds.